The van der Waals surface area contributed by atoms with Crippen LogP contribution in [0.4, 0.5) is 0 Å². The molecular weight excluding hydrogens is 382 g/mol. The number of ether oxygens (including phenoxy) is 1. The molecule has 1 unspecified atom stereocenters. The zero-order valence-corrected chi connectivity index (χ0v) is 17.2. The van der Waals surface area contributed by atoms with E-state index in [0.29, 0.717) is 44.1 Å². The molecule has 0 saturated carbocycles. The summed E-state index contributed by atoms with van der Waals surface area (Å²) in [5.41, 5.74) is 2.69. The standard InChI is InChI=1S/C22H25N5O3/c1-3-19-25-22(26-30-19)17-12-23-14-24-21(17)16-10-11-27(13-16)20(28)9-8-15-6-4-5-7-18(15)29-2/h4-7,12,14,16H,3,8-11,13H2,1-2H3. The quantitative estimate of drug-likeness (QED) is 0.594. The maximum Gasteiger partial charge on any atom is 0.226 e. The van der Waals surface area contributed by atoms with E-state index < -0.39 is 0 Å². The Hall–Kier alpha value is -3.29. The number of nitrogens with zero attached hydrogens (tertiary/aromatic N) is 5. The molecule has 8 heteroatoms. The summed E-state index contributed by atoms with van der Waals surface area (Å²) in [6.45, 7) is 3.31. The fourth-order valence-electron chi connectivity index (χ4n) is 3.86. The van der Waals surface area contributed by atoms with E-state index in [1.165, 1.54) is 6.33 Å². The van der Waals surface area contributed by atoms with E-state index in [2.05, 4.69) is 20.1 Å². The zero-order chi connectivity index (χ0) is 20.9. The van der Waals surface area contributed by atoms with Crippen molar-refractivity contribution in [2.45, 2.75) is 38.5 Å². The van der Waals surface area contributed by atoms with Crippen molar-refractivity contribution in [1.29, 1.82) is 0 Å². The number of aromatic nitrogens is 4. The first kappa shape index (κ1) is 20.0. The number of rotatable bonds is 7. The van der Waals surface area contributed by atoms with Crippen molar-refractivity contribution in [1.82, 2.24) is 25.0 Å². The highest BCUT2D eigenvalue weighted by Gasteiger charge is 2.30. The Morgan fingerprint density at radius 1 is 1.33 bits per heavy atom. The highest BCUT2D eigenvalue weighted by Crippen LogP contribution is 2.32. The molecule has 0 spiro atoms. The predicted molar refractivity (Wildman–Crippen MR) is 110 cm³/mol. The normalized spacial score (nSPS) is 16.1. The van der Waals surface area contributed by atoms with E-state index in [-0.39, 0.29) is 11.8 Å². The van der Waals surface area contributed by atoms with Gasteiger partial charge in [0.15, 0.2) is 0 Å². The van der Waals surface area contributed by atoms with Gasteiger partial charge in [0, 0.05) is 38.0 Å². The van der Waals surface area contributed by atoms with E-state index in [9.17, 15) is 4.79 Å². The lowest BCUT2D eigenvalue weighted by atomic mass is 10.00. The Labute approximate surface area is 175 Å². The van der Waals surface area contributed by atoms with Gasteiger partial charge in [0.2, 0.25) is 17.6 Å². The maximum absolute atomic E-state index is 12.8. The van der Waals surface area contributed by atoms with Crippen molar-refractivity contribution >= 4 is 5.91 Å². The lowest BCUT2D eigenvalue weighted by molar-refractivity contribution is -0.130. The van der Waals surface area contributed by atoms with E-state index in [1.807, 2.05) is 36.1 Å². The highest BCUT2D eigenvalue weighted by molar-refractivity contribution is 5.77. The number of methoxy groups -OCH3 is 1. The molecule has 1 aliphatic heterocycles. The van der Waals surface area contributed by atoms with Crippen LogP contribution in [0, 0.1) is 0 Å². The maximum atomic E-state index is 12.8. The van der Waals surface area contributed by atoms with Gasteiger partial charge in [-0.15, -0.1) is 0 Å². The molecule has 1 atom stereocenters. The first-order chi connectivity index (χ1) is 14.7. The van der Waals surface area contributed by atoms with Crippen molar-refractivity contribution in [2.75, 3.05) is 20.2 Å². The lowest BCUT2D eigenvalue weighted by Crippen LogP contribution is -2.28. The van der Waals surface area contributed by atoms with Crippen molar-refractivity contribution < 1.29 is 14.1 Å². The van der Waals surface area contributed by atoms with E-state index >= 15 is 0 Å². The van der Waals surface area contributed by atoms with Crippen LogP contribution in [0.5, 0.6) is 5.75 Å². The second kappa shape index (κ2) is 9.02. The first-order valence-electron chi connectivity index (χ1n) is 10.2. The monoisotopic (exact) mass is 407 g/mol. The average molecular weight is 407 g/mol. The van der Waals surface area contributed by atoms with Crippen LogP contribution in [-0.4, -0.2) is 51.1 Å². The van der Waals surface area contributed by atoms with Gasteiger partial charge in [-0.25, -0.2) is 9.97 Å². The molecule has 0 aliphatic carbocycles. The van der Waals surface area contributed by atoms with Crippen LogP contribution in [0.25, 0.3) is 11.4 Å². The Morgan fingerprint density at radius 3 is 3.00 bits per heavy atom. The molecule has 0 bridgehead atoms. The first-order valence-corrected chi connectivity index (χ1v) is 10.2. The number of hydrogen-bond donors (Lipinski definition) is 0. The van der Waals surface area contributed by atoms with E-state index in [1.54, 1.807) is 13.3 Å². The van der Waals surface area contributed by atoms with Gasteiger partial charge in [-0.1, -0.05) is 30.3 Å². The number of amides is 1. The third-order valence-electron chi connectivity index (χ3n) is 5.48. The topological polar surface area (TPSA) is 94.2 Å². The molecule has 3 heterocycles. The molecule has 156 valence electrons. The van der Waals surface area contributed by atoms with Gasteiger partial charge >= 0.3 is 0 Å². The molecule has 1 aliphatic rings. The largest absolute Gasteiger partial charge is 0.496 e. The fraction of sp³-hybridized carbons (Fsp3) is 0.409. The van der Waals surface area contributed by atoms with E-state index in [4.69, 9.17) is 9.26 Å². The average Bonchev–Trinajstić information content (AvgIpc) is 3.47. The van der Waals surface area contributed by atoms with Crippen LogP contribution in [0.1, 0.15) is 42.8 Å². The summed E-state index contributed by atoms with van der Waals surface area (Å²) in [4.78, 5) is 27.8. The molecule has 30 heavy (non-hydrogen) atoms. The summed E-state index contributed by atoms with van der Waals surface area (Å²) >= 11 is 0. The molecule has 1 saturated heterocycles. The number of likely N-dealkylation sites (tertiary alicyclic amines) is 1. The predicted octanol–water partition coefficient (Wildman–Crippen LogP) is 3.05. The summed E-state index contributed by atoms with van der Waals surface area (Å²) < 4.78 is 10.6. The molecule has 1 aromatic carbocycles. The van der Waals surface area contributed by atoms with Gasteiger partial charge in [0.1, 0.15) is 12.1 Å². The van der Waals surface area contributed by atoms with Gasteiger partial charge < -0.3 is 14.2 Å². The van der Waals surface area contributed by atoms with Gasteiger partial charge in [0.05, 0.1) is 18.4 Å². The number of aryl methyl sites for hydroxylation is 2. The Balaban J connectivity index is 1.43. The third kappa shape index (κ3) is 4.17. The Bertz CT molecular complexity index is 1020. The smallest absolute Gasteiger partial charge is 0.226 e. The van der Waals surface area contributed by atoms with Crippen molar-refractivity contribution in [3.05, 3.63) is 53.9 Å². The summed E-state index contributed by atoms with van der Waals surface area (Å²) in [6, 6.07) is 7.82. The number of carbonyl (C=O) groups excluding carboxylic acids is 1. The van der Waals surface area contributed by atoms with Crippen LogP contribution in [0.2, 0.25) is 0 Å². The summed E-state index contributed by atoms with van der Waals surface area (Å²) in [5.74, 6) is 2.18. The molecule has 3 aromatic rings. The van der Waals surface area contributed by atoms with Gasteiger partial charge in [0.25, 0.3) is 0 Å². The van der Waals surface area contributed by atoms with Crippen LogP contribution < -0.4 is 4.74 Å². The molecular formula is C22H25N5O3. The second-order valence-electron chi connectivity index (χ2n) is 7.32. The molecule has 0 radical (unpaired) electrons. The molecule has 8 nitrogen and oxygen atoms in total. The summed E-state index contributed by atoms with van der Waals surface area (Å²) in [6.07, 6.45) is 5.89. The van der Waals surface area contributed by atoms with E-state index in [0.717, 1.165) is 29.0 Å². The second-order valence-corrected chi connectivity index (χ2v) is 7.32. The molecule has 1 amide bonds. The Kier molecular flexibility index (Phi) is 6.02. The lowest BCUT2D eigenvalue weighted by Gasteiger charge is -2.17. The van der Waals surface area contributed by atoms with Crippen molar-refractivity contribution in [2.24, 2.45) is 0 Å². The SMILES string of the molecule is CCc1nc(-c2cncnc2C2CCN(C(=O)CCc3ccccc3OC)C2)no1. The number of benzene rings is 1. The minimum atomic E-state index is 0.127. The fourth-order valence-corrected chi connectivity index (χ4v) is 3.86. The molecule has 1 fully saturated rings. The third-order valence-corrected chi connectivity index (χ3v) is 5.48. The minimum Gasteiger partial charge on any atom is -0.496 e. The van der Waals surface area contributed by atoms with Crippen molar-refractivity contribution in [3.63, 3.8) is 0 Å². The van der Waals surface area contributed by atoms with Crippen LogP contribution in [0.3, 0.4) is 0 Å². The van der Waals surface area contributed by atoms with Gasteiger partial charge in [-0.3, -0.25) is 4.79 Å². The van der Waals surface area contributed by atoms with Crippen molar-refractivity contribution in [3.8, 4) is 17.1 Å². The van der Waals surface area contributed by atoms with Crippen LogP contribution in [0.15, 0.2) is 41.3 Å². The number of para-hydroxylation sites is 1. The highest BCUT2D eigenvalue weighted by atomic mass is 16.5. The molecule has 2 aromatic heterocycles. The van der Waals surface area contributed by atoms with Crippen LogP contribution in [-0.2, 0) is 17.6 Å². The Morgan fingerprint density at radius 2 is 2.20 bits per heavy atom. The van der Waals surface area contributed by atoms with Gasteiger partial charge in [-0.05, 0) is 24.5 Å². The summed E-state index contributed by atoms with van der Waals surface area (Å²) in [7, 11) is 1.65. The molecule has 0 N–H and O–H groups in total. The summed E-state index contributed by atoms with van der Waals surface area (Å²) in [5, 5.41) is 4.06. The molecule has 4 rings (SSSR count). The van der Waals surface area contributed by atoms with Crippen LogP contribution >= 0.6 is 0 Å². The number of carbonyl (C=O) groups is 1. The number of hydrogen-bond acceptors (Lipinski definition) is 7. The van der Waals surface area contributed by atoms with Gasteiger partial charge in [-0.2, -0.15) is 4.98 Å². The zero-order valence-electron chi connectivity index (χ0n) is 17.2. The minimum absolute atomic E-state index is 0.127.